The number of para-hydroxylation sites is 2. The molecular weight excluding hydrogens is 431 g/mol. The Labute approximate surface area is 191 Å². The van der Waals surface area contributed by atoms with E-state index >= 15 is 0 Å². The van der Waals surface area contributed by atoms with E-state index in [4.69, 9.17) is 28.2 Å². The monoisotopic (exact) mass is 452 g/mol. The number of carbonyl (C=O) groups is 1. The van der Waals surface area contributed by atoms with Crippen LogP contribution in [0.15, 0.2) is 67.0 Å². The highest BCUT2D eigenvalue weighted by Crippen LogP contribution is 2.30. The third kappa shape index (κ3) is 4.58. The molecule has 0 saturated heterocycles. The van der Waals surface area contributed by atoms with Gasteiger partial charge in [-0.3, -0.25) is 9.78 Å². The molecule has 0 spiro atoms. The van der Waals surface area contributed by atoms with Gasteiger partial charge in [0.15, 0.2) is 0 Å². The first kappa shape index (κ1) is 21.3. The number of carbonyl (C=O) groups excluding carboxylic acids is 1. The van der Waals surface area contributed by atoms with Crippen LogP contribution in [-0.4, -0.2) is 20.4 Å². The first-order valence-corrected chi connectivity index (χ1v) is 10.9. The van der Waals surface area contributed by atoms with Gasteiger partial charge in [0.1, 0.15) is 11.9 Å². The third-order valence-electron chi connectivity index (χ3n) is 5.26. The molecule has 2 aromatic heterocycles. The number of aromatic nitrogens is 3. The molecule has 5 nitrogen and oxygen atoms in total. The molecule has 1 N–H and O–H groups in total. The summed E-state index contributed by atoms with van der Waals surface area (Å²) in [6.07, 6.45) is 4.50. The molecule has 7 heteroatoms. The van der Waals surface area contributed by atoms with Gasteiger partial charge < -0.3 is 9.88 Å². The second-order valence-electron chi connectivity index (χ2n) is 7.27. The minimum absolute atomic E-state index is 0.0685. The number of amides is 1. The first-order chi connectivity index (χ1) is 15.1. The first-order valence-electron chi connectivity index (χ1n) is 10.1. The van der Waals surface area contributed by atoms with Crippen molar-refractivity contribution in [2.75, 3.05) is 0 Å². The number of nitrogens with zero attached hydrogens (tertiary/aromatic N) is 3. The lowest BCUT2D eigenvalue weighted by atomic mass is 10.1. The summed E-state index contributed by atoms with van der Waals surface area (Å²) in [5, 5.41) is 4.20. The van der Waals surface area contributed by atoms with E-state index < -0.39 is 6.04 Å². The lowest BCUT2D eigenvalue weighted by Crippen LogP contribution is -2.32. The Bertz CT molecular complexity index is 1190. The lowest BCUT2D eigenvalue weighted by Gasteiger charge is -2.20. The molecule has 4 aromatic rings. The van der Waals surface area contributed by atoms with Gasteiger partial charge in [0, 0.05) is 35.4 Å². The summed E-state index contributed by atoms with van der Waals surface area (Å²) >= 11 is 12.8. The molecule has 0 saturated carbocycles. The van der Waals surface area contributed by atoms with Crippen molar-refractivity contribution >= 4 is 40.1 Å². The molecule has 0 radical (unpaired) electrons. The highest BCUT2D eigenvalue weighted by molar-refractivity contribution is 6.36. The van der Waals surface area contributed by atoms with Crippen LogP contribution in [0.4, 0.5) is 0 Å². The zero-order chi connectivity index (χ0) is 21.8. The lowest BCUT2D eigenvalue weighted by molar-refractivity contribution is -0.124. The molecule has 1 unspecified atom stereocenters. The number of hydrogen-bond donors (Lipinski definition) is 1. The van der Waals surface area contributed by atoms with Gasteiger partial charge in [-0.2, -0.15) is 0 Å². The van der Waals surface area contributed by atoms with Crippen LogP contribution in [0, 0.1) is 0 Å². The van der Waals surface area contributed by atoms with Crippen LogP contribution < -0.4 is 5.32 Å². The average molecular weight is 453 g/mol. The van der Waals surface area contributed by atoms with Gasteiger partial charge in [-0.25, -0.2) is 4.98 Å². The summed E-state index contributed by atoms with van der Waals surface area (Å²) in [6, 6.07) is 16.6. The van der Waals surface area contributed by atoms with Gasteiger partial charge >= 0.3 is 0 Å². The van der Waals surface area contributed by atoms with Crippen LogP contribution in [0.2, 0.25) is 10.0 Å². The van der Waals surface area contributed by atoms with Crippen LogP contribution in [0.5, 0.6) is 0 Å². The van der Waals surface area contributed by atoms with E-state index in [9.17, 15) is 4.79 Å². The van der Waals surface area contributed by atoms with Gasteiger partial charge in [-0.05, 0) is 47.9 Å². The zero-order valence-electron chi connectivity index (χ0n) is 17.1. The fraction of sp³-hybridized carbons (Fsp3) is 0.208. The van der Waals surface area contributed by atoms with E-state index in [-0.39, 0.29) is 5.91 Å². The zero-order valence-corrected chi connectivity index (χ0v) is 18.6. The number of imidazole rings is 1. The number of halogens is 2. The van der Waals surface area contributed by atoms with E-state index in [0.29, 0.717) is 29.4 Å². The van der Waals surface area contributed by atoms with Crippen molar-refractivity contribution in [1.82, 2.24) is 19.9 Å². The van der Waals surface area contributed by atoms with Crippen molar-refractivity contribution in [3.05, 3.63) is 94.0 Å². The van der Waals surface area contributed by atoms with E-state index in [0.717, 1.165) is 28.0 Å². The van der Waals surface area contributed by atoms with Crippen molar-refractivity contribution in [1.29, 1.82) is 0 Å². The summed E-state index contributed by atoms with van der Waals surface area (Å²) in [7, 11) is 0. The Hall–Kier alpha value is -2.89. The standard InChI is InChI=1S/C24H22Cl2N4O/c1-2-21(24(31)28-15-16-7-6-12-27-14-16)30-22-11-4-3-10-20(22)29-23(30)13-17-18(25)8-5-9-19(17)26/h3-12,14,21H,2,13,15H2,1H3,(H,28,31). The van der Waals surface area contributed by atoms with Crippen molar-refractivity contribution < 1.29 is 4.79 Å². The van der Waals surface area contributed by atoms with Crippen LogP contribution in [0.25, 0.3) is 11.0 Å². The summed E-state index contributed by atoms with van der Waals surface area (Å²) in [5.41, 5.74) is 3.49. The SMILES string of the molecule is CCC(C(=O)NCc1cccnc1)n1c(Cc2c(Cl)cccc2Cl)nc2ccccc21. The molecule has 1 atom stereocenters. The van der Waals surface area contributed by atoms with Crippen molar-refractivity contribution in [2.24, 2.45) is 0 Å². The summed E-state index contributed by atoms with van der Waals surface area (Å²) < 4.78 is 2.01. The molecule has 2 aromatic carbocycles. The predicted molar refractivity (Wildman–Crippen MR) is 124 cm³/mol. The predicted octanol–water partition coefficient (Wildman–Crippen LogP) is 5.60. The molecule has 0 aliphatic rings. The molecule has 0 aliphatic heterocycles. The largest absolute Gasteiger partial charge is 0.350 e. The van der Waals surface area contributed by atoms with Gasteiger partial charge in [-0.1, -0.05) is 54.4 Å². The molecule has 158 valence electrons. The van der Waals surface area contributed by atoms with Crippen molar-refractivity contribution in [3.8, 4) is 0 Å². The Morgan fingerprint density at radius 3 is 2.55 bits per heavy atom. The van der Waals surface area contributed by atoms with Crippen molar-refractivity contribution in [2.45, 2.75) is 32.4 Å². The molecule has 0 bridgehead atoms. The average Bonchev–Trinajstić information content (AvgIpc) is 3.14. The number of pyridine rings is 1. The van der Waals surface area contributed by atoms with Crippen LogP contribution in [0.1, 0.15) is 36.3 Å². The number of nitrogens with one attached hydrogen (secondary N) is 1. The maximum atomic E-state index is 13.2. The minimum Gasteiger partial charge on any atom is -0.350 e. The number of hydrogen-bond acceptors (Lipinski definition) is 3. The van der Waals surface area contributed by atoms with Gasteiger partial charge in [-0.15, -0.1) is 0 Å². The molecule has 0 aliphatic carbocycles. The summed E-state index contributed by atoms with van der Waals surface area (Å²) in [4.78, 5) is 22.1. The molecule has 0 fully saturated rings. The topological polar surface area (TPSA) is 59.8 Å². The normalized spacial score (nSPS) is 12.1. The fourth-order valence-corrected chi connectivity index (χ4v) is 4.25. The highest BCUT2D eigenvalue weighted by atomic mass is 35.5. The van der Waals surface area contributed by atoms with Crippen molar-refractivity contribution in [3.63, 3.8) is 0 Å². The Balaban J connectivity index is 1.70. The van der Waals surface area contributed by atoms with Gasteiger partial charge in [0.05, 0.1) is 11.0 Å². The molecule has 4 rings (SSSR count). The summed E-state index contributed by atoms with van der Waals surface area (Å²) in [6.45, 7) is 2.41. The maximum absolute atomic E-state index is 13.2. The Morgan fingerprint density at radius 2 is 1.84 bits per heavy atom. The van der Waals surface area contributed by atoms with E-state index in [1.165, 1.54) is 0 Å². The van der Waals surface area contributed by atoms with Crippen LogP contribution in [-0.2, 0) is 17.8 Å². The summed E-state index contributed by atoms with van der Waals surface area (Å²) in [5.74, 6) is 0.681. The number of benzene rings is 2. The number of fused-ring (bicyclic) bond motifs is 1. The molecule has 2 heterocycles. The van der Waals surface area contributed by atoms with Gasteiger partial charge in [0.2, 0.25) is 5.91 Å². The van der Waals surface area contributed by atoms with E-state index in [1.807, 2.05) is 66.1 Å². The molecule has 1 amide bonds. The second kappa shape index (κ2) is 9.50. The smallest absolute Gasteiger partial charge is 0.243 e. The van der Waals surface area contributed by atoms with E-state index in [2.05, 4.69) is 10.3 Å². The van der Waals surface area contributed by atoms with E-state index in [1.54, 1.807) is 12.4 Å². The third-order valence-corrected chi connectivity index (χ3v) is 5.96. The fourth-order valence-electron chi connectivity index (χ4n) is 3.72. The van der Waals surface area contributed by atoms with Gasteiger partial charge in [0.25, 0.3) is 0 Å². The molecular formula is C24H22Cl2N4O. The Kier molecular flexibility index (Phi) is 6.54. The minimum atomic E-state index is -0.416. The quantitative estimate of drug-likeness (QED) is 0.397. The van der Waals surface area contributed by atoms with Crippen LogP contribution in [0.3, 0.4) is 0 Å². The van der Waals surface area contributed by atoms with Crippen LogP contribution >= 0.6 is 23.2 Å². The number of rotatable bonds is 7. The maximum Gasteiger partial charge on any atom is 0.243 e. The highest BCUT2D eigenvalue weighted by Gasteiger charge is 2.25. The Morgan fingerprint density at radius 1 is 1.06 bits per heavy atom. The second-order valence-corrected chi connectivity index (χ2v) is 8.08. The molecule has 31 heavy (non-hydrogen) atoms.